The Bertz CT molecular complexity index is 734. The molecule has 0 saturated heterocycles. The molecule has 7 heteroatoms. The lowest BCUT2D eigenvalue weighted by Gasteiger charge is -2.10. The molecule has 120 valence electrons. The van der Waals surface area contributed by atoms with E-state index in [1.165, 1.54) is 20.3 Å². The van der Waals surface area contributed by atoms with Gasteiger partial charge in [-0.1, -0.05) is 23.7 Å². The van der Waals surface area contributed by atoms with Gasteiger partial charge in [-0.3, -0.25) is 9.59 Å². The Kier molecular flexibility index (Phi) is 5.43. The van der Waals surface area contributed by atoms with Gasteiger partial charge >= 0.3 is 11.8 Å². The van der Waals surface area contributed by atoms with Crippen molar-refractivity contribution in [2.75, 3.05) is 24.9 Å². The van der Waals surface area contributed by atoms with Crippen molar-refractivity contribution >= 4 is 34.8 Å². The molecule has 0 heterocycles. The molecule has 6 nitrogen and oxygen atoms in total. The number of carbonyl (C=O) groups is 2. The molecule has 0 aliphatic heterocycles. The summed E-state index contributed by atoms with van der Waals surface area (Å²) in [6.07, 6.45) is 0. The lowest BCUT2D eigenvalue weighted by molar-refractivity contribution is -0.133. The normalized spacial score (nSPS) is 9.87. The number of carbonyl (C=O) groups excluding carboxylic acids is 2. The van der Waals surface area contributed by atoms with Gasteiger partial charge in [0.1, 0.15) is 11.5 Å². The average molecular weight is 335 g/mol. The second kappa shape index (κ2) is 7.51. The Balaban J connectivity index is 2.05. The summed E-state index contributed by atoms with van der Waals surface area (Å²) in [5, 5.41) is 5.27. The topological polar surface area (TPSA) is 76.7 Å². The van der Waals surface area contributed by atoms with Gasteiger partial charge in [0.2, 0.25) is 0 Å². The molecule has 0 saturated carbocycles. The number of hydrogen-bond donors (Lipinski definition) is 2. The van der Waals surface area contributed by atoms with Crippen molar-refractivity contribution in [2.45, 2.75) is 0 Å². The van der Waals surface area contributed by atoms with E-state index in [-0.39, 0.29) is 0 Å². The van der Waals surface area contributed by atoms with Crippen molar-refractivity contribution < 1.29 is 19.1 Å². The summed E-state index contributed by atoms with van der Waals surface area (Å²) in [4.78, 5) is 23.9. The van der Waals surface area contributed by atoms with E-state index < -0.39 is 11.8 Å². The quantitative estimate of drug-likeness (QED) is 0.843. The highest BCUT2D eigenvalue weighted by atomic mass is 35.5. The summed E-state index contributed by atoms with van der Waals surface area (Å²) >= 11 is 5.97. The lowest BCUT2D eigenvalue weighted by atomic mass is 10.2. The van der Waals surface area contributed by atoms with Crippen LogP contribution in [0.2, 0.25) is 5.02 Å². The number of para-hydroxylation sites is 2. The molecule has 0 bridgehead atoms. The van der Waals surface area contributed by atoms with Gasteiger partial charge in [0.15, 0.2) is 0 Å². The molecule has 2 amide bonds. The molecule has 0 atom stereocenters. The Labute approximate surface area is 138 Å². The number of anilines is 2. The summed E-state index contributed by atoms with van der Waals surface area (Å²) in [6, 6.07) is 11.5. The number of benzene rings is 2. The second-order valence-electron chi connectivity index (χ2n) is 4.46. The smallest absolute Gasteiger partial charge is 0.314 e. The fourth-order valence-electron chi connectivity index (χ4n) is 1.86. The van der Waals surface area contributed by atoms with Crippen LogP contribution in [0.1, 0.15) is 0 Å². The number of rotatable bonds is 4. The van der Waals surface area contributed by atoms with Crippen molar-refractivity contribution in [3.63, 3.8) is 0 Å². The number of ether oxygens (including phenoxy) is 2. The molecule has 0 radical (unpaired) electrons. The van der Waals surface area contributed by atoms with E-state index in [0.29, 0.717) is 27.9 Å². The minimum atomic E-state index is -0.822. The van der Waals surface area contributed by atoms with Crippen molar-refractivity contribution in [3.8, 4) is 11.5 Å². The van der Waals surface area contributed by atoms with Crippen LogP contribution < -0.4 is 20.1 Å². The third-order valence-electron chi connectivity index (χ3n) is 2.97. The second-order valence-corrected chi connectivity index (χ2v) is 4.87. The van der Waals surface area contributed by atoms with Gasteiger partial charge in [0, 0.05) is 5.69 Å². The van der Waals surface area contributed by atoms with Crippen LogP contribution in [0.25, 0.3) is 0 Å². The van der Waals surface area contributed by atoms with E-state index in [4.69, 9.17) is 21.1 Å². The Morgan fingerprint density at radius 1 is 0.913 bits per heavy atom. The van der Waals surface area contributed by atoms with Crippen LogP contribution in [0.15, 0.2) is 42.5 Å². The van der Waals surface area contributed by atoms with E-state index in [9.17, 15) is 9.59 Å². The largest absolute Gasteiger partial charge is 0.495 e. The summed E-state index contributed by atoms with van der Waals surface area (Å²) in [5.74, 6) is -0.706. The monoisotopic (exact) mass is 334 g/mol. The number of methoxy groups -OCH3 is 2. The molecule has 2 rings (SSSR count). The van der Waals surface area contributed by atoms with Crippen LogP contribution in [0.4, 0.5) is 11.4 Å². The predicted octanol–water partition coefficient (Wildman–Crippen LogP) is 2.93. The summed E-state index contributed by atoms with van der Waals surface area (Å²) < 4.78 is 10.1. The highest BCUT2D eigenvalue weighted by molar-refractivity contribution is 6.44. The maximum absolute atomic E-state index is 12.0. The molecule has 0 aromatic heterocycles. The van der Waals surface area contributed by atoms with Crippen LogP contribution >= 0.6 is 11.6 Å². The van der Waals surface area contributed by atoms with Crippen LogP contribution in [-0.4, -0.2) is 26.0 Å². The molecular formula is C16H15ClN2O4. The number of halogens is 1. The minimum Gasteiger partial charge on any atom is -0.495 e. The minimum absolute atomic E-state index is 0.329. The molecule has 2 N–H and O–H groups in total. The van der Waals surface area contributed by atoms with Gasteiger partial charge in [0.05, 0.1) is 24.9 Å². The van der Waals surface area contributed by atoms with E-state index in [1.54, 1.807) is 36.4 Å². The van der Waals surface area contributed by atoms with Crippen molar-refractivity contribution in [1.82, 2.24) is 0 Å². The highest BCUT2D eigenvalue weighted by Gasteiger charge is 2.16. The summed E-state index contributed by atoms with van der Waals surface area (Å²) in [6.45, 7) is 0. The Hall–Kier alpha value is -2.73. The van der Waals surface area contributed by atoms with Crippen LogP contribution in [-0.2, 0) is 9.59 Å². The van der Waals surface area contributed by atoms with Crippen molar-refractivity contribution in [1.29, 1.82) is 0 Å². The van der Waals surface area contributed by atoms with Crippen molar-refractivity contribution in [2.24, 2.45) is 0 Å². The molecule has 2 aromatic carbocycles. The molecule has 0 fully saturated rings. The van der Waals surface area contributed by atoms with E-state index in [1.807, 2.05) is 0 Å². The van der Waals surface area contributed by atoms with Gasteiger partial charge in [-0.2, -0.15) is 0 Å². The van der Waals surface area contributed by atoms with Crippen molar-refractivity contribution in [3.05, 3.63) is 47.5 Å². The third kappa shape index (κ3) is 4.14. The van der Waals surface area contributed by atoms with Gasteiger partial charge in [0.25, 0.3) is 0 Å². The summed E-state index contributed by atoms with van der Waals surface area (Å²) in [5.41, 5.74) is 0.791. The maximum Gasteiger partial charge on any atom is 0.314 e. The Morgan fingerprint density at radius 3 is 2.22 bits per heavy atom. The van der Waals surface area contributed by atoms with E-state index >= 15 is 0 Å². The van der Waals surface area contributed by atoms with E-state index in [2.05, 4.69) is 10.6 Å². The maximum atomic E-state index is 12.0. The number of hydrogen-bond acceptors (Lipinski definition) is 4. The number of nitrogens with one attached hydrogen (secondary N) is 2. The SMILES string of the molecule is COc1ccc(NC(=O)C(=O)Nc2ccccc2OC)cc1Cl. The molecule has 2 aromatic rings. The van der Waals surface area contributed by atoms with Gasteiger partial charge in [-0.15, -0.1) is 0 Å². The molecule has 23 heavy (non-hydrogen) atoms. The first-order chi connectivity index (χ1) is 11.0. The molecular weight excluding hydrogens is 320 g/mol. The standard InChI is InChI=1S/C16H15ClN2O4/c1-22-13-8-7-10(9-11(13)17)18-15(20)16(21)19-12-5-3-4-6-14(12)23-2/h3-9H,1-2H3,(H,18,20)(H,19,21). The van der Waals surface area contributed by atoms with Gasteiger partial charge in [-0.25, -0.2) is 0 Å². The van der Waals surface area contributed by atoms with Gasteiger partial charge in [-0.05, 0) is 30.3 Å². The van der Waals surface area contributed by atoms with Gasteiger partial charge < -0.3 is 20.1 Å². The first-order valence-corrected chi connectivity index (χ1v) is 7.02. The van der Waals surface area contributed by atoms with E-state index in [0.717, 1.165) is 0 Å². The fourth-order valence-corrected chi connectivity index (χ4v) is 2.12. The number of amides is 2. The molecule has 0 aliphatic carbocycles. The summed E-state index contributed by atoms with van der Waals surface area (Å²) in [7, 11) is 2.96. The average Bonchev–Trinajstić information content (AvgIpc) is 2.55. The van der Waals surface area contributed by atoms with Crippen LogP contribution in [0.3, 0.4) is 0 Å². The lowest BCUT2D eigenvalue weighted by Crippen LogP contribution is -2.29. The van der Waals surface area contributed by atoms with Crippen LogP contribution in [0.5, 0.6) is 11.5 Å². The highest BCUT2D eigenvalue weighted by Crippen LogP contribution is 2.27. The zero-order chi connectivity index (χ0) is 16.8. The Morgan fingerprint density at radius 2 is 1.57 bits per heavy atom. The third-order valence-corrected chi connectivity index (χ3v) is 3.27. The fraction of sp³-hybridized carbons (Fsp3) is 0.125. The van der Waals surface area contributed by atoms with Crippen LogP contribution in [0, 0.1) is 0 Å². The first-order valence-electron chi connectivity index (χ1n) is 6.64. The molecule has 0 spiro atoms. The molecule has 0 aliphatic rings. The zero-order valence-corrected chi connectivity index (χ0v) is 13.3. The predicted molar refractivity (Wildman–Crippen MR) is 88.3 cm³/mol. The zero-order valence-electron chi connectivity index (χ0n) is 12.6. The first kappa shape index (κ1) is 16.6. The molecule has 0 unspecified atom stereocenters.